The van der Waals surface area contributed by atoms with Crippen LogP contribution in [0.25, 0.3) is 0 Å². The van der Waals surface area contributed by atoms with Gasteiger partial charge in [0, 0.05) is 19.0 Å². The molecule has 0 bridgehead atoms. The number of amides is 3. The highest BCUT2D eigenvalue weighted by Gasteiger charge is 2.28. The molecule has 0 aromatic carbocycles. The van der Waals surface area contributed by atoms with Crippen LogP contribution < -0.4 is 5.73 Å². The fourth-order valence-electron chi connectivity index (χ4n) is 1.30. The maximum absolute atomic E-state index is 11.4. The average molecular weight is 257 g/mol. The van der Waals surface area contributed by atoms with E-state index < -0.39 is 24.1 Å². The quantitative estimate of drug-likeness (QED) is 0.454. The molecule has 0 fully saturated rings. The van der Waals surface area contributed by atoms with Crippen molar-refractivity contribution in [3.63, 3.8) is 0 Å². The van der Waals surface area contributed by atoms with Crippen molar-refractivity contribution in [3.8, 4) is 0 Å². The molecule has 7 nitrogen and oxygen atoms in total. The Morgan fingerprint density at radius 1 is 1.33 bits per heavy atom. The third-order valence-electron chi connectivity index (χ3n) is 2.25. The molecule has 0 aliphatic heterocycles. The van der Waals surface area contributed by atoms with Gasteiger partial charge in [0.1, 0.15) is 6.17 Å². The van der Waals surface area contributed by atoms with E-state index in [9.17, 15) is 14.4 Å². The summed E-state index contributed by atoms with van der Waals surface area (Å²) in [5, 5.41) is 0.797. The second-order valence-electron chi connectivity index (χ2n) is 3.76. The standard InChI is InChI=1S/C11H19N3O4/c1-6-13(11(12)17)8(4)14(9(5)15)18-10(16)7(2)3/h8H,2,6H2,1,3-5H3,(H2,12,17). The number of hydroxylamine groups is 2. The van der Waals surface area contributed by atoms with Gasteiger partial charge < -0.3 is 15.5 Å². The lowest BCUT2D eigenvalue weighted by Gasteiger charge is -2.33. The largest absolute Gasteiger partial charge is 0.358 e. The molecule has 2 N–H and O–H groups in total. The maximum atomic E-state index is 11.4. The Morgan fingerprint density at radius 3 is 2.11 bits per heavy atom. The average Bonchev–Trinajstić information content (AvgIpc) is 2.24. The first-order valence-corrected chi connectivity index (χ1v) is 5.46. The second kappa shape index (κ2) is 6.63. The van der Waals surface area contributed by atoms with Crippen LogP contribution in [0.2, 0.25) is 0 Å². The zero-order valence-electron chi connectivity index (χ0n) is 11.1. The van der Waals surface area contributed by atoms with Gasteiger partial charge in [-0.05, 0) is 20.8 Å². The van der Waals surface area contributed by atoms with Crippen LogP contribution in [-0.4, -0.2) is 40.6 Å². The fraction of sp³-hybridized carbons (Fsp3) is 0.545. The molecule has 3 amide bonds. The molecule has 0 rings (SSSR count). The van der Waals surface area contributed by atoms with E-state index in [-0.39, 0.29) is 12.1 Å². The Kier molecular flexibility index (Phi) is 5.87. The first kappa shape index (κ1) is 16.0. The molecule has 0 aliphatic carbocycles. The normalized spacial score (nSPS) is 11.3. The Bertz CT molecular complexity index is 367. The van der Waals surface area contributed by atoms with Crippen molar-refractivity contribution in [2.75, 3.05) is 6.54 Å². The molecule has 0 heterocycles. The highest BCUT2D eigenvalue weighted by atomic mass is 16.7. The van der Waals surface area contributed by atoms with Crippen molar-refractivity contribution in [1.29, 1.82) is 0 Å². The van der Waals surface area contributed by atoms with E-state index in [1.54, 1.807) is 6.92 Å². The topological polar surface area (TPSA) is 92.9 Å². The van der Waals surface area contributed by atoms with Gasteiger partial charge in [-0.3, -0.25) is 4.79 Å². The molecule has 18 heavy (non-hydrogen) atoms. The number of rotatable bonds is 4. The summed E-state index contributed by atoms with van der Waals surface area (Å²) >= 11 is 0. The molecule has 0 aliphatic rings. The van der Waals surface area contributed by atoms with Crippen LogP contribution in [0.15, 0.2) is 12.2 Å². The molecule has 7 heteroatoms. The Balaban J connectivity index is 5.00. The summed E-state index contributed by atoms with van der Waals surface area (Å²) in [5.74, 6) is -1.26. The predicted octanol–water partition coefficient (Wildman–Crippen LogP) is 0.616. The van der Waals surface area contributed by atoms with Gasteiger partial charge in [0.05, 0.1) is 0 Å². The molecule has 1 unspecified atom stereocenters. The summed E-state index contributed by atoms with van der Waals surface area (Å²) in [4.78, 5) is 40.0. The van der Waals surface area contributed by atoms with E-state index in [0.29, 0.717) is 0 Å². The number of nitrogens with zero attached hydrogens (tertiary/aromatic N) is 2. The molecular weight excluding hydrogens is 238 g/mol. The number of hydrogen-bond donors (Lipinski definition) is 1. The molecule has 0 saturated heterocycles. The van der Waals surface area contributed by atoms with E-state index in [2.05, 4.69) is 6.58 Å². The molecular formula is C11H19N3O4. The highest BCUT2D eigenvalue weighted by Crippen LogP contribution is 2.09. The van der Waals surface area contributed by atoms with Crippen molar-refractivity contribution in [2.45, 2.75) is 33.9 Å². The first-order chi connectivity index (χ1) is 8.22. The van der Waals surface area contributed by atoms with Crippen LogP contribution >= 0.6 is 0 Å². The summed E-state index contributed by atoms with van der Waals surface area (Å²) in [6.45, 7) is 9.59. The van der Waals surface area contributed by atoms with Crippen LogP contribution in [-0.2, 0) is 14.4 Å². The molecule has 0 aromatic rings. The van der Waals surface area contributed by atoms with Crippen molar-refractivity contribution in [1.82, 2.24) is 9.96 Å². The van der Waals surface area contributed by atoms with Gasteiger partial charge in [-0.2, -0.15) is 0 Å². The monoisotopic (exact) mass is 257 g/mol. The minimum atomic E-state index is -0.784. The van der Waals surface area contributed by atoms with Crippen LogP contribution in [0, 0.1) is 0 Å². The van der Waals surface area contributed by atoms with Gasteiger partial charge in [0.25, 0.3) is 5.91 Å². The SMILES string of the molecule is C=C(C)C(=O)ON(C(C)=O)C(C)N(CC)C(N)=O. The van der Waals surface area contributed by atoms with Gasteiger partial charge in [-0.25, -0.2) is 9.59 Å². The first-order valence-electron chi connectivity index (χ1n) is 5.46. The van der Waals surface area contributed by atoms with Gasteiger partial charge >= 0.3 is 12.0 Å². The van der Waals surface area contributed by atoms with Crippen molar-refractivity contribution in [2.24, 2.45) is 5.73 Å². The van der Waals surface area contributed by atoms with Gasteiger partial charge in [-0.15, -0.1) is 5.06 Å². The van der Waals surface area contributed by atoms with Crippen LogP contribution in [0.3, 0.4) is 0 Å². The fourth-order valence-corrected chi connectivity index (χ4v) is 1.30. The number of carbonyl (C=O) groups is 3. The highest BCUT2D eigenvalue weighted by molar-refractivity contribution is 5.88. The predicted molar refractivity (Wildman–Crippen MR) is 64.9 cm³/mol. The summed E-state index contributed by atoms with van der Waals surface area (Å²) < 4.78 is 0. The van der Waals surface area contributed by atoms with Crippen LogP contribution in [0.4, 0.5) is 4.79 Å². The summed E-state index contributed by atoms with van der Waals surface area (Å²) in [7, 11) is 0. The lowest BCUT2D eigenvalue weighted by atomic mass is 10.4. The van der Waals surface area contributed by atoms with E-state index in [4.69, 9.17) is 10.6 Å². The number of urea groups is 1. The van der Waals surface area contributed by atoms with E-state index in [1.165, 1.54) is 25.7 Å². The van der Waals surface area contributed by atoms with Gasteiger partial charge in [0.2, 0.25) is 0 Å². The van der Waals surface area contributed by atoms with Crippen molar-refractivity contribution < 1.29 is 19.2 Å². The van der Waals surface area contributed by atoms with E-state index in [0.717, 1.165) is 5.06 Å². The van der Waals surface area contributed by atoms with Crippen molar-refractivity contribution >= 4 is 17.9 Å². The summed E-state index contributed by atoms with van der Waals surface area (Å²) in [6, 6.07) is -0.706. The minimum Gasteiger partial charge on any atom is -0.351 e. The number of primary amides is 1. The van der Waals surface area contributed by atoms with Gasteiger partial charge in [0.15, 0.2) is 0 Å². The lowest BCUT2D eigenvalue weighted by Crippen LogP contribution is -2.53. The zero-order chi connectivity index (χ0) is 14.5. The Hall–Kier alpha value is -2.05. The number of nitrogens with two attached hydrogens (primary N) is 1. The third kappa shape index (κ3) is 4.08. The Labute approximate surface area is 106 Å². The summed E-state index contributed by atoms with van der Waals surface area (Å²) in [5.41, 5.74) is 5.32. The second-order valence-corrected chi connectivity index (χ2v) is 3.76. The van der Waals surface area contributed by atoms with E-state index >= 15 is 0 Å². The van der Waals surface area contributed by atoms with E-state index in [1.807, 2.05) is 0 Å². The molecule has 1 atom stereocenters. The molecule has 0 saturated carbocycles. The smallest absolute Gasteiger partial charge is 0.351 e. The lowest BCUT2D eigenvalue weighted by molar-refractivity contribution is -0.210. The minimum absolute atomic E-state index is 0.149. The Morgan fingerprint density at radius 2 is 1.83 bits per heavy atom. The van der Waals surface area contributed by atoms with Crippen LogP contribution in [0.1, 0.15) is 27.7 Å². The van der Waals surface area contributed by atoms with Crippen molar-refractivity contribution in [3.05, 3.63) is 12.2 Å². The number of hydrogen-bond acceptors (Lipinski definition) is 4. The number of carbonyl (C=O) groups excluding carboxylic acids is 3. The maximum Gasteiger partial charge on any atom is 0.358 e. The molecule has 0 aromatic heterocycles. The molecule has 0 radical (unpaired) electrons. The molecule has 0 spiro atoms. The summed E-state index contributed by atoms with van der Waals surface area (Å²) in [6.07, 6.45) is -0.784. The molecule has 102 valence electrons. The van der Waals surface area contributed by atoms with Crippen LogP contribution in [0.5, 0.6) is 0 Å². The third-order valence-corrected chi connectivity index (χ3v) is 2.25. The van der Waals surface area contributed by atoms with Gasteiger partial charge in [-0.1, -0.05) is 6.58 Å². The zero-order valence-corrected chi connectivity index (χ0v) is 11.1.